The molecule has 0 unspecified atom stereocenters. The Hall–Kier alpha value is -3.23. The van der Waals surface area contributed by atoms with Gasteiger partial charge in [0.25, 0.3) is 11.8 Å². The number of imide groups is 1. The van der Waals surface area contributed by atoms with Crippen molar-refractivity contribution >= 4 is 17.9 Å². The quantitative estimate of drug-likeness (QED) is 0.630. The van der Waals surface area contributed by atoms with Crippen LogP contribution in [0.1, 0.15) is 38.3 Å². The molecule has 1 N–H and O–H groups in total. The number of aromatic nitrogens is 2. The lowest BCUT2D eigenvalue weighted by Crippen LogP contribution is -2.41. The molecule has 0 saturated carbocycles. The number of hydrogen-bond acceptors (Lipinski definition) is 7. The number of rotatable bonds is 5. The lowest BCUT2D eigenvalue weighted by atomic mass is 10.1. The summed E-state index contributed by atoms with van der Waals surface area (Å²) in [5, 5.41) is 10.4. The topological polar surface area (TPSA) is 115 Å². The molecule has 3 rings (SSSR count). The first kappa shape index (κ1) is 18.6. The fraction of sp³-hybridized carbons (Fsp3) is 0.389. The van der Waals surface area contributed by atoms with E-state index in [1.165, 1.54) is 0 Å². The van der Waals surface area contributed by atoms with Gasteiger partial charge in [-0.1, -0.05) is 17.7 Å². The average Bonchev–Trinajstić information content (AvgIpc) is 3.15. The molecule has 1 aromatic carbocycles. The van der Waals surface area contributed by atoms with Crippen molar-refractivity contribution in [1.29, 1.82) is 0 Å². The van der Waals surface area contributed by atoms with Crippen molar-refractivity contribution in [2.45, 2.75) is 39.3 Å². The fourth-order valence-electron chi connectivity index (χ4n) is 2.59. The SMILES string of the molecule is Cc1ccc(-c2nnc([C@@H](C)OC(=O)CN3C(=O)NC(C)(C)C3=O)o2)cc1. The maximum Gasteiger partial charge on any atom is 0.327 e. The summed E-state index contributed by atoms with van der Waals surface area (Å²) in [5.41, 5.74) is 0.808. The van der Waals surface area contributed by atoms with Gasteiger partial charge in [-0.3, -0.25) is 14.5 Å². The summed E-state index contributed by atoms with van der Waals surface area (Å²) in [6.07, 6.45) is -0.821. The van der Waals surface area contributed by atoms with E-state index in [2.05, 4.69) is 15.5 Å². The van der Waals surface area contributed by atoms with Crippen molar-refractivity contribution in [2.24, 2.45) is 0 Å². The number of urea groups is 1. The summed E-state index contributed by atoms with van der Waals surface area (Å²) in [7, 11) is 0. The molecule has 2 aromatic rings. The Morgan fingerprint density at radius 2 is 1.93 bits per heavy atom. The van der Waals surface area contributed by atoms with Crippen molar-refractivity contribution in [1.82, 2.24) is 20.4 Å². The van der Waals surface area contributed by atoms with Crippen LogP contribution in [0.4, 0.5) is 4.79 Å². The van der Waals surface area contributed by atoms with Crippen molar-refractivity contribution in [2.75, 3.05) is 6.54 Å². The largest absolute Gasteiger partial charge is 0.451 e. The molecular formula is C18H20N4O5. The van der Waals surface area contributed by atoms with E-state index in [-0.39, 0.29) is 5.89 Å². The van der Waals surface area contributed by atoms with Crippen LogP contribution in [0.15, 0.2) is 28.7 Å². The van der Waals surface area contributed by atoms with Gasteiger partial charge in [-0.05, 0) is 39.8 Å². The second-order valence-electron chi connectivity index (χ2n) is 6.89. The van der Waals surface area contributed by atoms with E-state index in [1.54, 1.807) is 20.8 Å². The minimum atomic E-state index is -1.04. The van der Waals surface area contributed by atoms with Crippen molar-refractivity contribution in [3.05, 3.63) is 35.7 Å². The van der Waals surface area contributed by atoms with Gasteiger partial charge in [0.05, 0.1) is 0 Å². The molecule has 27 heavy (non-hydrogen) atoms. The highest BCUT2D eigenvalue weighted by Crippen LogP contribution is 2.23. The number of carbonyl (C=O) groups excluding carboxylic acids is 3. The number of ether oxygens (including phenoxy) is 1. The van der Waals surface area contributed by atoms with Crippen LogP contribution in [-0.2, 0) is 14.3 Å². The first-order valence-corrected chi connectivity index (χ1v) is 8.41. The summed E-state index contributed by atoms with van der Waals surface area (Å²) in [6, 6.07) is 6.91. The summed E-state index contributed by atoms with van der Waals surface area (Å²) < 4.78 is 10.8. The fourth-order valence-corrected chi connectivity index (χ4v) is 2.59. The van der Waals surface area contributed by atoms with Crippen LogP contribution in [0.3, 0.4) is 0 Å². The van der Waals surface area contributed by atoms with E-state index < -0.39 is 36.1 Å². The van der Waals surface area contributed by atoms with Crippen molar-refractivity contribution in [3.8, 4) is 11.5 Å². The van der Waals surface area contributed by atoms with Gasteiger partial charge in [0.2, 0.25) is 5.89 Å². The van der Waals surface area contributed by atoms with Crippen LogP contribution in [0, 0.1) is 6.92 Å². The Morgan fingerprint density at radius 1 is 1.26 bits per heavy atom. The molecule has 1 fully saturated rings. The highest BCUT2D eigenvalue weighted by atomic mass is 16.6. The zero-order chi connectivity index (χ0) is 19.8. The number of amides is 3. The summed E-state index contributed by atoms with van der Waals surface area (Å²) in [4.78, 5) is 36.9. The van der Waals surface area contributed by atoms with Crippen LogP contribution in [0.5, 0.6) is 0 Å². The third-order valence-corrected chi connectivity index (χ3v) is 4.13. The van der Waals surface area contributed by atoms with E-state index in [9.17, 15) is 14.4 Å². The van der Waals surface area contributed by atoms with E-state index in [1.807, 2.05) is 31.2 Å². The number of aryl methyl sites for hydroxylation is 1. The molecule has 9 nitrogen and oxygen atoms in total. The van der Waals surface area contributed by atoms with E-state index in [0.29, 0.717) is 5.89 Å². The number of esters is 1. The van der Waals surface area contributed by atoms with Crippen molar-refractivity contribution < 1.29 is 23.5 Å². The molecule has 142 valence electrons. The molecule has 1 atom stereocenters. The first-order valence-electron chi connectivity index (χ1n) is 8.41. The van der Waals surface area contributed by atoms with Gasteiger partial charge in [-0.15, -0.1) is 10.2 Å². The number of hydrogen-bond donors (Lipinski definition) is 1. The number of carbonyl (C=O) groups is 3. The molecule has 1 aliphatic heterocycles. The maximum absolute atomic E-state index is 12.1. The highest BCUT2D eigenvalue weighted by Gasteiger charge is 2.45. The zero-order valence-corrected chi connectivity index (χ0v) is 15.5. The lowest BCUT2D eigenvalue weighted by molar-refractivity contribution is -0.152. The molecule has 3 amide bonds. The number of nitrogens with zero attached hydrogens (tertiary/aromatic N) is 3. The Morgan fingerprint density at radius 3 is 2.52 bits per heavy atom. The zero-order valence-electron chi connectivity index (χ0n) is 15.5. The Bertz CT molecular complexity index is 887. The molecule has 0 bridgehead atoms. The maximum atomic E-state index is 12.1. The highest BCUT2D eigenvalue weighted by molar-refractivity contribution is 6.08. The molecule has 2 heterocycles. The Kier molecular flexibility index (Phi) is 4.69. The number of benzene rings is 1. The average molecular weight is 372 g/mol. The minimum absolute atomic E-state index is 0.122. The van der Waals surface area contributed by atoms with Gasteiger partial charge in [0, 0.05) is 5.56 Å². The van der Waals surface area contributed by atoms with Crippen molar-refractivity contribution in [3.63, 3.8) is 0 Å². The summed E-state index contributed by atoms with van der Waals surface area (Å²) in [5.74, 6) is -0.810. The third kappa shape index (κ3) is 3.81. The molecule has 9 heteroatoms. The summed E-state index contributed by atoms with van der Waals surface area (Å²) in [6.45, 7) is 6.17. The van der Waals surface area contributed by atoms with Gasteiger partial charge < -0.3 is 14.5 Å². The van der Waals surface area contributed by atoms with Crippen LogP contribution < -0.4 is 5.32 Å². The minimum Gasteiger partial charge on any atom is -0.451 e. The van der Waals surface area contributed by atoms with Gasteiger partial charge in [-0.2, -0.15) is 0 Å². The van der Waals surface area contributed by atoms with Crippen LogP contribution in [-0.4, -0.2) is 45.1 Å². The van der Waals surface area contributed by atoms with E-state index in [0.717, 1.165) is 16.0 Å². The Balaban J connectivity index is 1.63. The smallest absolute Gasteiger partial charge is 0.327 e. The van der Waals surface area contributed by atoms with Gasteiger partial charge >= 0.3 is 12.0 Å². The molecular weight excluding hydrogens is 352 g/mol. The van der Waals surface area contributed by atoms with Crippen LogP contribution in [0.2, 0.25) is 0 Å². The first-order chi connectivity index (χ1) is 12.7. The van der Waals surface area contributed by atoms with Crippen LogP contribution >= 0.6 is 0 Å². The number of nitrogens with one attached hydrogen (secondary N) is 1. The van der Waals surface area contributed by atoms with Gasteiger partial charge in [0.15, 0.2) is 6.10 Å². The lowest BCUT2D eigenvalue weighted by Gasteiger charge is -2.16. The summed E-state index contributed by atoms with van der Waals surface area (Å²) >= 11 is 0. The molecule has 0 radical (unpaired) electrons. The third-order valence-electron chi connectivity index (χ3n) is 4.13. The van der Waals surface area contributed by atoms with Crippen LogP contribution in [0.25, 0.3) is 11.5 Å². The normalized spacial score (nSPS) is 17.0. The van der Waals surface area contributed by atoms with E-state index in [4.69, 9.17) is 9.15 Å². The van der Waals surface area contributed by atoms with Gasteiger partial charge in [-0.25, -0.2) is 4.79 Å². The molecule has 1 saturated heterocycles. The molecule has 1 aromatic heterocycles. The van der Waals surface area contributed by atoms with E-state index >= 15 is 0 Å². The second-order valence-corrected chi connectivity index (χ2v) is 6.89. The predicted molar refractivity (Wildman–Crippen MR) is 93.3 cm³/mol. The standard InChI is InChI=1S/C18H20N4O5/c1-10-5-7-12(8-6-10)15-21-20-14(27-15)11(2)26-13(23)9-22-16(24)18(3,4)19-17(22)25/h5-8,11H,9H2,1-4H3,(H,19,25)/t11-/m1/s1. The predicted octanol–water partition coefficient (Wildman–Crippen LogP) is 1.98. The molecule has 1 aliphatic rings. The molecule has 0 aliphatic carbocycles. The monoisotopic (exact) mass is 372 g/mol. The van der Waals surface area contributed by atoms with Gasteiger partial charge in [0.1, 0.15) is 12.1 Å². The molecule has 0 spiro atoms. The Labute approximate surface area is 155 Å². The second kappa shape index (κ2) is 6.82.